The summed E-state index contributed by atoms with van der Waals surface area (Å²) < 4.78 is 36.3. The van der Waals surface area contributed by atoms with Gasteiger partial charge in [0.15, 0.2) is 17.5 Å². The first-order chi connectivity index (χ1) is 11.1. The lowest BCUT2D eigenvalue weighted by Gasteiger charge is -2.06. The predicted molar refractivity (Wildman–Crippen MR) is 74.4 cm³/mol. The molecule has 3 rings (SSSR count). The van der Waals surface area contributed by atoms with E-state index in [0.29, 0.717) is 18.3 Å². The maximum atomic E-state index is 13.0. The molecule has 1 fully saturated rings. The summed E-state index contributed by atoms with van der Waals surface area (Å²) >= 11 is 0. The monoisotopic (exact) mass is 324 g/mol. The largest absolute Gasteiger partial charge is 0.368 e. The Labute approximate surface area is 130 Å². The van der Waals surface area contributed by atoms with Gasteiger partial charge in [-0.05, 0) is 25.0 Å². The Balaban J connectivity index is 1.51. The van der Waals surface area contributed by atoms with Gasteiger partial charge in [0, 0.05) is 18.4 Å². The van der Waals surface area contributed by atoms with Gasteiger partial charge in [-0.2, -0.15) is 4.98 Å². The molecule has 2 amide bonds. The SMILES string of the molecule is O=C(NCc1noc([C@@H]2CCCO2)n1)Nc1ccc(F)c(F)c1. The number of benzene rings is 1. The first-order valence-electron chi connectivity index (χ1n) is 7.06. The summed E-state index contributed by atoms with van der Waals surface area (Å²) in [7, 11) is 0. The number of nitrogens with one attached hydrogen (secondary N) is 2. The van der Waals surface area contributed by atoms with E-state index in [4.69, 9.17) is 9.26 Å². The van der Waals surface area contributed by atoms with Gasteiger partial charge in [0.25, 0.3) is 5.89 Å². The minimum atomic E-state index is -1.04. The number of carbonyl (C=O) groups excluding carboxylic acids is 1. The highest BCUT2D eigenvalue weighted by atomic mass is 19.2. The molecule has 9 heteroatoms. The lowest BCUT2D eigenvalue weighted by molar-refractivity contribution is 0.0835. The third-order valence-electron chi connectivity index (χ3n) is 3.27. The summed E-state index contributed by atoms with van der Waals surface area (Å²) in [6.45, 7) is 0.697. The van der Waals surface area contributed by atoms with Gasteiger partial charge in [0.2, 0.25) is 0 Å². The van der Waals surface area contributed by atoms with Crippen molar-refractivity contribution in [2.75, 3.05) is 11.9 Å². The fourth-order valence-electron chi connectivity index (χ4n) is 2.15. The molecule has 2 aromatic rings. The number of urea groups is 1. The number of rotatable bonds is 4. The Hall–Kier alpha value is -2.55. The van der Waals surface area contributed by atoms with E-state index in [2.05, 4.69) is 20.8 Å². The van der Waals surface area contributed by atoms with Crippen LogP contribution in [0, 0.1) is 11.6 Å². The van der Waals surface area contributed by atoms with Gasteiger partial charge in [-0.3, -0.25) is 0 Å². The highest BCUT2D eigenvalue weighted by molar-refractivity contribution is 5.89. The summed E-state index contributed by atoms with van der Waals surface area (Å²) in [6, 6.07) is 2.47. The second-order valence-corrected chi connectivity index (χ2v) is 4.99. The third kappa shape index (κ3) is 3.81. The van der Waals surface area contributed by atoms with Gasteiger partial charge >= 0.3 is 6.03 Å². The van der Waals surface area contributed by atoms with Crippen molar-refractivity contribution in [1.82, 2.24) is 15.5 Å². The zero-order chi connectivity index (χ0) is 16.2. The maximum absolute atomic E-state index is 13.0. The molecule has 2 N–H and O–H groups in total. The van der Waals surface area contributed by atoms with Crippen LogP contribution in [0.5, 0.6) is 0 Å². The molecule has 122 valence electrons. The van der Waals surface area contributed by atoms with Gasteiger partial charge in [0.05, 0.1) is 6.54 Å². The topological polar surface area (TPSA) is 89.3 Å². The number of aromatic nitrogens is 2. The van der Waals surface area contributed by atoms with Gasteiger partial charge < -0.3 is 19.9 Å². The summed E-state index contributed by atoms with van der Waals surface area (Å²) in [5, 5.41) is 8.62. The average Bonchev–Trinajstić information content (AvgIpc) is 3.19. The van der Waals surface area contributed by atoms with E-state index in [-0.39, 0.29) is 18.3 Å². The molecule has 1 aliphatic rings. The third-order valence-corrected chi connectivity index (χ3v) is 3.27. The number of hydrogen-bond acceptors (Lipinski definition) is 5. The van der Waals surface area contributed by atoms with Crippen molar-refractivity contribution in [1.29, 1.82) is 0 Å². The lowest BCUT2D eigenvalue weighted by atomic mass is 10.2. The van der Waals surface area contributed by atoms with Crippen LogP contribution in [0.4, 0.5) is 19.3 Å². The number of amides is 2. The molecule has 0 bridgehead atoms. The summed E-state index contributed by atoms with van der Waals surface area (Å²) in [4.78, 5) is 15.8. The van der Waals surface area contributed by atoms with Crippen LogP contribution in [0.25, 0.3) is 0 Å². The van der Waals surface area contributed by atoms with Crippen molar-refractivity contribution >= 4 is 11.7 Å². The summed E-state index contributed by atoms with van der Waals surface area (Å²) in [5.74, 6) is -1.33. The molecule has 0 radical (unpaired) electrons. The van der Waals surface area contributed by atoms with Crippen LogP contribution in [-0.4, -0.2) is 22.8 Å². The smallest absolute Gasteiger partial charge is 0.319 e. The molecule has 1 aliphatic heterocycles. The standard InChI is InChI=1S/C14H14F2N4O3/c15-9-4-3-8(6-10(9)16)18-14(21)17-7-12-19-13(23-20-12)11-2-1-5-22-11/h3-4,6,11H,1-2,5,7H2,(H2,17,18,21)/t11-/m0/s1. The minimum absolute atomic E-state index is 0.0335. The molecular weight excluding hydrogens is 310 g/mol. The van der Waals surface area contributed by atoms with Crippen LogP contribution in [0.1, 0.15) is 30.7 Å². The molecule has 1 aromatic heterocycles. The Morgan fingerprint density at radius 2 is 2.22 bits per heavy atom. The van der Waals surface area contributed by atoms with Gasteiger partial charge in [0.1, 0.15) is 6.10 Å². The van der Waals surface area contributed by atoms with Crippen LogP contribution in [0.2, 0.25) is 0 Å². The van der Waals surface area contributed by atoms with Crippen molar-refractivity contribution in [2.45, 2.75) is 25.5 Å². The van der Waals surface area contributed by atoms with E-state index in [0.717, 1.165) is 25.0 Å². The molecular formula is C14H14F2N4O3. The van der Waals surface area contributed by atoms with E-state index in [9.17, 15) is 13.6 Å². The van der Waals surface area contributed by atoms with Crippen LogP contribution < -0.4 is 10.6 Å². The first-order valence-corrected chi connectivity index (χ1v) is 7.06. The van der Waals surface area contributed by atoms with Crippen LogP contribution in [-0.2, 0) is 11.3 Å². The lowest BCUT2D eigenvalue weighted by Crippen LogP contribution is -2.28. The van der Waals surface area contributed by atoms with Crippen LogP contribution >= 0.6 is 0 Å². The fraction of sp³-hybridized carbons (Fsp3) is 0.357. The number of carbonyl (C=O) groups is 1. The molecule has 2 heterocycles. The number of halogens is 2. The van der Waals surface area contributed by atoms with Crippen molar-refractivity contribution in [3.63, 3.8) is 0 Å². The van der Waals surface area contributed by atoms with Gasteiger partial charge in [-0.15, -0.1) is 0 Å². The van der Waals surface area contributed by atoms with Crippen LogP contribution in [0.15, 0.2) is 22.7 Å². The van der Waals surface area contributed by atoms with Gasteiger partial charge in [-0.25, -0.2) is 13.6 Å². The number of ether oxygens (including phenoxy) is 1. The van der Waals surface area contributed by atoms with Crippen molar-refractivity contribution < 1.29 is 22.8 Å². The van der Waals surface area contributed by atoms with E-state index in [1.807, 2.05) is 0 Å². The van der Waals surface area contributed by atoms with E-state index >= 15 is 0 Å². The first kappa shape index (κ1) is 15.3. The zero-order valence-electron chi connectivity index (χ0n) is 12.0. The Morgan fingerprint density at radius 3 is 2.96 bits per heavy atom. The second-order valence-electron chi connectivity index (χ2n) is 4.99. The number of hydrogen-bond donors (Lipinski definition) is 2. The molecule has 0 aliphatic carbocycles. The predicted octanol–water partition coefficient (Wildman–Crippen LogP) is 2.52. The molecule has 1 aromatic carbocycles. The van der Waals surface area contributed by atoms with E-state index in [1.165, 1.54) is 6.07 Å². The molecule has 0 saturated carbocycles. The van der Waals surface area contributed by atoms with Crippen molar-refractivity contribution in [3.8, 4) is 0 Å². The van der Waals surface area contributed by atoms with Crippen LogP contribution in [0.3, 0.4) is 0 Å². The highest BCUT2D eigenvalue weighted by Gasteiger charge is 2.23. The fourth-order valence-corrected chi connectivity index (χ4v) is 2.15. The van der Waals surface area contributed by atoms with Crippen molar-refractivity contribution in [2.24, 2.45) is 0 Å². The Morgan fingerprint density at radius 1 is 1.35 bits per heavy atom. The zero-order valence-corrected chi connectivity index (χ0v) is 12.0. The quantitative estimate of drug-likeness (QED) is 0.902. The Kier molecular flexibility index (Phi) is 4.47. The molecule has 7 nitrogen and oxygen atoms in total. The summed E-state index contributed by atoms with van der Waals surface area (Å²) in [6.07, 6.45) is 1.58. The second kappa shape index (κ2) is 6.69. The normalized spacial score (nSPS) is 17.2. The van der Waals surface area contributed by atoms with Gasteiger partial charge in [-0.1, -0.05) is 5.16 Å². The molecule has 0 unspecified atom stereocenters. The van der Waals surface area contributed by atoms with Crippen molar-refractivity contribution in [3.05, 3.63) is 41.5 Å². The van der Waals surface area contributed by atoms with E-state index < -0.39 is 17.7 Å². The number of nitrogens with zero attached hydrogens (tertiary/aromatic N) is 2. The maximum Gasteiger partial charge on any atom is 0.319 e. The average molecular weight is 324 g/mol. The summed E-state index contributed by atoms with van der Waals surface area (Å²) in [5.41, 5.74) is 0.134. The van der Waals surface area contributed by atoms with E-state index in [1.54, 1.807) is 0 Å². The number of anilines is 1. The minimum Gasteiger partial charge on any atom is -0.368 e. The molecule has 23 heavy (non-hydrogen) atoms. The Bertz CT molecular complexity index is 701. The highest BCUT2D eigenvalue weighted by Crippen LogP contribution is 2.26. The molecule has 1 atom stereocenters. The molecule has 0 spiro atoms. The molecule has 1 saturated heterocycles.